The largest absolute Gasteiger partial charge is 0.481 e. The van der Waals surface area contributed by atoms with Crippen LogP contribution < -0.4 is 0 Å². The minimum atomic E-state index is -0.788. The lowest BCUT2D eigenvalue weighted by atomic mass is 10.1. The molecule has 1 aromatic heterocycles. The Kier molecular flexibility index (Phi) is 3.86. The van der Waals surface area contributed by atoms with Gasteiger partial charge in [0.25, 0.3) is 0 Å². The average molecular weight is 292 g/mol. The summed E-state index contributed by atoms with van der Waals surface area (Å²) in [5, 5.41) is 8.85. The molecule has 3 rings (SSSR count). The zero-order chi connectivity index (χ0) is 14.8. The van der Waals surface area contributed by atoms with Crippen molar-refractivity contribution < 1.29 is 19.1 Å². The standard InChI is InChI=1S/C15H20N2O4/c18-14(19)8-11-5-6-16(9-11)15(20)17(12-3-4-12)10-13-2-1-7-21-13/h1-2,7,11-12H,3-6,8-10H2,(H,18,19). The lowest BCUT2D eigenvalue weighted by molar-refractivity contribution is -0.138. The van der Waals surface area contributed by atoms with Crippen LogP contribution >= 0.6 is 0 Å². The van der Waals surface area contributed by atoms with Crippen LogP contribution in [-0.2, 0) is 11.3 Å². The number of likely N-dealkylation sites (tertiary alicyclic amines) is 1. The molecule has 2 aliphatic rings. The smallest absolute Gasteiger partial charge is 0.320 e. The highest BCUT2D eigenvalue weighted by Crippen LogP contribution is 2.31. The van der Waals surface area contributed by atoms with Gasteiger partial charge in [0, 0.05) is 25.6 Å². The zero-order valence-electron chi connectivity index (χ0n) is 11.9. The number of carbonyl (C=O) groups is 2. The number of carbonyl (C=O) groups excluding carboxylic acids is 1. The van der Waals surface area contributed by atoms with Crippen LogP contribution in [0.5, 0.6) is 0 Å². The Morgan fingerprint density at radius 3 is 2.81 bits per heavy atom. The van der Waals surface area contributed by atoms with E-state index in [0.717, 1.165) is 25.0 Å². The van der Waals surface area contributed by atoms with Gasteiger partial charge in [0.1, 0.15) is 5.76 Å². The molecule has 1 aromatic rings. The lowest BCUT2D eigenvalue weighted by Crippen LogP contribution is -2.43. The first-order valence-corrected chi connectivity index (χ1v) is 7.43. The van der Waals surface area contributed by atoms with Crippen LogP contribution in [0.2, 0.25) is 0 Å². The molecule has 0 aromatic carbocycles. The van der Waals surface area contributed by atoms with Crippen molar-refractivity contribution in [2.24, 2.45) is 5.92 Å². The summed E-state index contributed by atoms with van der Waals surface area (Å²) < 4.78 is 5.34. The number of nitrogens with zero attached hydrogens (tertiary/aromatic N) is 2. The molecular weight excluding hydrogens is 272 g/mol. The quantitative estimate of drug-likeness (QED) is 0.902. The fourth-order valence-corrected chi connectivity index (χ4v) is 2.91. The maximum Gasteiger partial charge on any atom is 0.320 e. The number of hydrogen-bond acceptors (Lipinski definition) is 3. The summed E-state index contributed by atoms with van der Waals surface area (Å²) in [5.41, 5.74) is 0. The predicted molar refractivity (Wildman–Crippen MR) is 74.6 cm³/mol. The summed E-state index contributed by atoms with van der Waals surface area (Å²) in [7, 11) is 0. The van der Waals surface area contributed by atoms with E-state index >= 15 is 0 Å². The number of aliphatic carboxylic acids is 1. The number of amides is 2. The van der Waals surface area contributed by atoms with Crippen LogP contribution in [-0.4, -0.2) is 46.0 Å². The van der Waals surface area contributed by atoms with Crippen molar-refractivity contribution in [3.05, 3.63) is 24.2 Å². The highest BCUT2D eigenvalue weighted by molar-refractivity contribution is 5.75. The van der Waals surface area contributed by atoms with Gasteiger partial charge < -0.3 is 19.3 Å². The maximum atomic E-state index is 12.6. The zero-order valence-corrected chi connectivity index (χ0v) is 11.9. The molecule has 1 saturated carbocycles. The minimum Gasteiger partial charge on any atom is -0.481 e. The van der Waals surface area contributed by atoms with E-state index in [1.54, 1.807) is 11.2 Å². The maximum absolute atomic E-state index is 12.6. The van der Waals surface area contributed by atoms with Gasteiger partial charge in [0.15, 0.2) is 0 Å². The van der Waals surface area contributed by atoms with E-state index in [9.17, 15) is 9.59 Å². The van der Waals surface area contributed by atoms with Crippen molar-refractivity contribution in [3.8, 4) is 0 Å². The van der Waals surface area contributed by atoms with Gasteiger partial charge in [-0.2, -0.15) is 0 Å². The first-order chi connectivity index (χ1) is 10.1. The van der Waals surface area contributed by atoms with E-state index in [2.05, 4.69) is 0 Å². The third kappa shape index (κ3) is 3.37. The molecule has 2 fully saturated rings. The third-order valence-electron chi connectivity index (χ3n) is 4.16. The summed E-state index contributed by atoms with van der Waals surface area (Å²) in [6.07, 6.45) is 4.62. The van der Waals surface area contributed by atoms with Gasteiger partial charge in [-0.3, -0.25) is 4.79 Å². The highest BCUT2D eigenvalue weighted by atomic mass is 16.4. The second-order valence-electron chi connectivity index (χ2n) is 5.92. The topological polar surface area (TPSA) is 74.0 Å². The first kappa shape index (κ1) is 14.0. The van der Waals surface area contributed by atoms with Crippen LogP contribution in [0.1, 0.15) is 31.4 Å². The number of furan rings is 1. The van der Waals surface area contributed by atoms with Crippen LogP contribution in [0.4, 0.5) is 4.79 Å². The SMILES string of the molecule is O=C(O)CC1CCN(C(=O)N(Cc2ccco2)C2CC2)C1. The molecule has 2 amide bonds. The third-order valence-corrected chi connectivity index (χ3v) is 4.16. The molecule has 2 heterocycles. The van der Waals surface area contributed by atoms with E-state index in [1.165, 1.54) is 0 Å². The number of carboxylic acids is 1. The van der Waals surface area contributed by atoms with Gasteiger partial charge in [0.05, 0.1) is 12.8 Å². The van der Waals surface area contributed by atoms with E-state index in [4.69, 9.17) is 9.52 Å². The van der Waals surface area contributed by atoms with Crippen molar-refractivity contribution in [2.45, 2.75) is 38.3 Å². The van der Waals surface area contributed by atoms with E-state index in [-0.39, 0.29) is 18.4 Å². The van der Waals surface area contributed by atoms with Crippen molar-refractivity contribution in [1.29, 1.82) is 0 Å². The molecule has 1 aliphatic heterocycles. The van der Waals surface area contributed by atoms with Crippen molar-refractivity contribution in [3.63, 3.8) is 0 Å². The Labute approximate surface area is 123 Å². The fraction of sp³-hybridized carbons (Fsp3) is 0.600. The molecule has 1 aliphatic carbocycles. The van der Waals surface area contributed by atoms with Gasteiger partial charge in [0.2, 0.25) is 0 Å². The number of urea groups is 1. The van der Waals surface area contributed by atoms with Gasteiger partial charge in [-0.25, -0.2) is 4.79 Å². The Hall–Kier alpha value is -1.98. The number of rotatable bonds is 5. The molecule has 21 heavy (non-hydrogen) atoms. The molecule has 0 radical (unpaired) electrons. The number of hydrogen-bond donors (Lipinski definition) is 1. The molecular formula is C15H20N2O4. The van der Waals surface area contributed by atoms with E-state index in [0.29, 0.717) is 25.7 Å². The van der Waals surface area contributed by atoms with Gasteiger partial charge in [-0.05, 0) is 37.3 Å². The molecule has 0 bridgehead atoms. The Balaban J connectivity index is 1.61. The molecule has 1 unspecified atom stereocenters. The second-order valence-corrected chi connectivity index (χ2v) is 5.92. The van der Waals surface area contributed by atoms with Gasteiger partial charge in [-0.15, -0.1) is 0 Å². The van der Waals surface area contributed by atoms with Crippen molar-refractivity contribution in [1.82, 2.24) is 9.80 Å². The Morgan fingerprint density at radius 1 is 1.38 bits per heavy atom. The summed E-state index contributed by atoms with van der Waals surface area (Å²) in [6, 6.07) is 4.02. The molecule has 0 spiro atoms. The molecule has 6 heteroatoms. The number of carboxylic acid groups (broad SMARTS) is 1. The van der Waals surface area contributed by atoms with Crippen LogP contribution in [0.3, 0.4) is 0 Å². The first-order valence-electron chi connectivity index (χ1n) is 7.43. The lowest BCUT2D eigenvalue weighted by Gasteiger charge is -2.27. The van der Waals surface area contributed by atoms with Crippen LogP contribution in [0, 0.1) is 5.92 Å². The van der Waals surface area contributed by atoms with E-state index < -0.39 is 5.97 Å². The normalized spacial score (nSPS) is 21.5. The fourth-order valence-electron chi connectivity index (χ4n) is 2.91. The monoisotopic (exact) mass is 292 g/mol. The van der Waals surface area contributed by atoms with Gasteiger partial charge in [-0.1, -0.05) is 0 Å². The Morgan fingerprint density at radius 2 is 2.19 bits per heavy atom. The molecule has 1 atom stereocenters. The van der Waals surface area contributed by atoms with Crippen LogP contribution in [0.15, 0.2) is 22.8 Å². The molecule has 6 nitrogen and oxygen atoms in total. The average Bonchev–Trinajstić information content (AvgIpc) is 2.96. The van der Waals surface area contributed by atoms with Crippen LogP contribution in [0.25, 0.3) is 0 Å². The minimum absolute atomic E-state index is 0.0155. The summed E-state index contributed by atoms with van der Waals surface area (Å²) in [5.74, 6) is 0.0802. The predicted octanol–water partition coefficient (Wildman–Crippen LogP) is 2.16. The summed E-state index contributed by atoms with van der Waals surface area (Å²) in [6.45, 7) is 1.70. The molecule has 114 valence electrons. The van der Waals surface area contributed by atoms with E-state index in [1.807, 2.05) is 17.0 Å². The van der Waals surface area contributed by atoms with Gasteiger partial charge >= 0.3 is 12.0 Å². The highest BCUT2D eigenvalue weighted by Gasteiger charge is 2.37. The molecule has 1 N–H and O–H groups in total. The molecule has 1 saturated heterocycles. The Bertz CT molecular complexity index is 510. The van der Waals surface area contributed by atoms with Crippen molar-refractivity contribution in [2.75, 3.05) is 13.1 Å². The van der Waals surface area contributed by atoms with Crippen molar-refractivity contribution >= 4 is 12.0 Å². The summed E-state index contributed by atoms with van der Waals surface area (Å²) >= 11 is 0. The second kappa shape index (κ2) is 5.79. The summed E-state index contributed by atoms with van der Waals surface area (Å²) in [4.78, 5) is 27.1.